The molecule has 0 saturated heterocycles. The van der Waals surface area contributed by atoms with Gasteiger partial charge in [-0.15, -0.1) is 24.0 Å². The molecule has 0 amide bonds. The molecular formula is C20H32IN5. The zero-order chi connectivity index (χ0) is 18.1. The first kappa shape index (κ1) is 22.5. The molecule has 2 aromatic rings. The molecule has 144 valence electrons. The molecule has 0 aliphatic heterocycles. The standard InChI is InChI=1S/C20H31N5.HI/c1-5-18-17(19(6-2)25(4)24-18)15-23-20(21-3)22-14-10-13-16-11-8-7-9-12-16;/h7-9,11-12H,5-6,10,13-15H2,1-4H3,(H2,21,22,23);1H. The number of hydrogen-bond donors (Lipinski definition) is 2. The summed E-state index contributed by atoms with van der Waals surface area (Å²) in [6, 6.07) is 10.6. The van der Waals surface area contributed by atoms with Crippen molar-refractivity contribution in [2.75, 3.05) is 13.6 Å². The molecule has 0 fully saturated rings. The monoisotopic (exact) mass is 469 g/mol. The molecule has 0 aliphatic rings. The van der Waals surface area contributed by atoms with Crippen molar-refractivity contribution in [1.82, 2.24) is 20.4 Å². The van der Waals surface area contributed by atoms with Crippen molar-refractivity contribution >= 4 is 29.9 Å². The summed E-state index contributed by atoms with van der Waals surface area (Å²) in [6.07, 6.45) is 4.10. The van der Waals surface area contributed by atoms with Gasteiger partial charge in [-0.25, -0.2) is 0 Å². The second kappa shape index (κ2) is 11.9. The number of halogens is 1. The maximum Gasteiger partial charge on any atom is 0.191 e. The Bertz CT molecular complexity index is 679. The Morgan fingerprint density at radius 2 is 1.85 bits per heavy atom. The van der Waals surface area contributed by atoms with Crippen molar-refractivity contribution in [3.05, 3.63) is 52.8 Å². The van der Waals surface area contributed by atoms with Crippen LogP contribution in [-0.2, 0) is 32.9 Å². The number of aryl methyl sites for hydroxylation is 3. The lowest BCUT2D eigenvalue weighted by Gasteiger charge is -2.13. The Labute approximate surface area is 174 Å². The average Bonchev–Trinajstić information content (AvgIpc) is 2.96. The zero-order valence-corrected chi connectivity index (χ0v) is 18.7. The summed E-state index contributed by atoms with van der Waals surface area (Å²) in [5.74, 6) is 0.848. The summed E-state index contributed by atoms with van der Waals surface area (Å²) in [7, 11) is 3.84. The van der Waals surface area contributed by atoms with E-state index in [1.165, 1.54) is 22.5 Å². The summed E-state index contributed by atoms with van der Waals surface area (Å²) in [6.45, 7) is 6.00. The van der Waals surface area contributed by atoms with Gasteiger partial charge in [-0.2, -0.15) is 5.10 Å². The van der Waals surface area contributed by atoms with E-state index in [9.17, 15) is 0 Å². The van der Waals surface area contributed by atoms with Crippen molar-refractivity contribution < 1.29 is 0 Å². The number of hydrogen-bond acceptors (Lipinski definition) is 2. The predicted octanol–water partition coefficient (Wildman–Crippen LogP) is 3.46. The Morgan fingerprint density at radius 1 is 1.12 bits per heavy atom. The molecule has 1 heterocycles. The number of aliphatic imine (C=N–C) groups is 1. The van der Waals surface area contributed by atoms with E-state index in [-0.39, 0.29) is 24.0 Å². The SMILES string of the molecule is CCc1nn(C)c(CC)c1CNC(=NC)NCCCc1ccccc1.I. The minimum Gasteiger partial charge on any atom is -0.356 e. The molecular weight excluding hydrogens is 437 g/mol. The summed E-state index contributed by atoms with van der Waals surface area (Å²) < 4.78 is 2.01. The van der Waals surface area contributed by atoms with Gasteiger partial charge in [0.25, 0.3) is 0 Å². The maximum atomic E-state index is 4.63. The van der Waals surface area contributed by atoms with E-state index < -0.39 is 0 Å². The Morgan fingerprint density at radius 3 is 2.46 bits per heavy atom. The van der Waals surface area contributed by atoms with E-state index in [1.807, 2.05) is 18.8 Å². The second-order valence-electron chi connectivity index (χ2n) is 6.14. The normalized spacial score (nSPS) is 11.2. The van der Waals surface area contributed by atoms with Gasteiger partial charge in [0.05, 0.1) is 5.69 Å². The molecule has 0 saturated carbocycles. The van der Waals surface area contributed by atoms with Crippen LogP contribution in [0, 0.1) is 0 Å². The van der Waals surface area contributed by atoms with Gasteiger partial charge in [0.1, 0.15) is 0 Å². The van der Waals surface area contributed by atoms with Crippen LogP contribution < -0.4 is 10.6 Å². The minimum atomic E-state index is 0. The van der Waals surface area contributed by atoms with Crippen LogP contribution in [0.5, 0.6) is 0 Å². The van der Waals surface area contributed by atoms with Crippen LogP contribution in [0.1, 0.15) is 42.8 Å². The van der Waals surface area contributed by atoms with Crippen LogP contribution in [-0.4, -0.2) is 29.3 Å². The van der Waals surface area contributed by atoms with Crippen molar-refractivity contribution in [2.45, 2.75) is 46.1 Å². The van der Waals surface area contributed by atoms with Crippen molar-refractivity contribution in [3.63, 3.8) is 0 Å². The van der Waals surface area contributed by atoms with E-state index in [4.69, 9.17) is 0 Å². The van der Waals surface area contributed by atoms with Crippen LogP contribution >= 0.6 is 24.0 Å². The van der Waals surface area contributed by atoms with Crippen LogP contribution in [0.2, 0.25) is 0 Å². The average molecular weight is 469 g/mol. The molecule has 5 nitrogen and oxygen atoms in total. The van der Waals surface area contributed by atoms with Gasteiger partial charge < -0.3 is 10.6 Å². The lowest BCUT2D eigenvalue weighted by atomic mass is 10.1. The summed E-state index contributed by atoms with van der Waals surface area (Å²) in [5.41, 5.74) is 5.15. The summed E-state index contributed by atoms with van der Waals surface area (Å²) in [4.78, 5) is 4.33. The third kappa shape index (κ3) is 6.30. The summed E-state index contributed by atoms with van der Waals surface area (Å²) >= 11 is 0. The number of rotatable bonds is 8. The number of nitrogens with zero attached hydrogens (tertiary/aromatic N) is 3. The smallest absolute Gasteiger partial charge is 0.191 e. The molecule has 1 aromatic heterocycles. The molecule has 0 bridgehead atoms. The highest BCUT2D eigenvalue weighted by Gasteiger charge is 2.13. The van der Waals surface area contributed by atoms with E-state index >= 15 is 0 Å². The van der Waals surface area contributed by atoms with E-state index in [0.717, 1.165) is 44.7 Å². The zero-order valence-electron chi connectivity index (χ0n) is 16.4. The van der Waals surface area contributed by atoms with Crippen LogP contribution in [0.3, 0.4) is 0 Å². The number of benzene rings is 1. The number of nitrogens with one attached hydrogen (secondary N) is 2. The molecule has 0 unspecified atom stereocenters. The molecule has 0 aliphatic carbocycles. The van der Waals surface area contributed by atoms with Crippen LogP contribution in [0.4, 0.5) is 0 Å². The Kier molecular flexibility index (Phi) is 10.3. The van der Waals surface area contributed by atoms with Gasteiger partial charge in [-0.05, 0) is 31.2 Å². The van der Waals surface area contributed by atoms with Gasteiger partial charge in [-0.1, -0.05) is 44.2 Å². The molecule has 0 atom stereocenters. The molecule has 0 spiro atoms. The number of aromatic nitrogens is 2. The lowest BCUT2D eigenvalue weighted by molar-refractivity contribution is 0.701. The van der Waals surface area contributed by atoms with Gasteiger partial charge in [-0.3, -0.25) is 9.67 Å². The van der Waals surface area contributed by atoms with Crippen molar-refractivity contribution in [1.29, 1.82) is 0 Å². The highest BCUT2D eigenvalue weighted by Crippen LogP contribution is 2.15. The topological polar surface area (TPSA) is 54.2 Å². The first-order chi connectivity index (χ1) is 12.2. The van der Waals surface area contributed by atoms with Gasteiger partial charge in [0.2, 0.25) is 0 Å². The summed E-state index contributed by atoms with van der Waals surface area (Å²) in [5, 5.41) is 11.5. The van der Waals surface area contributed by atoms with Crippen molar-refractivity contribution in [3.8, 4) is 0 Å². The van der Waals surface area contributed by atoms with Gasteiger partial charge >= 0.3 is 0 Å². The maximum absolute atomic E-state index is 4.63. The van der Waals surface area contributed by atoms with E-state index in [2.05, 4.69) is 64.9 Å². The fraction of sp³-hybridized carbons (Fsp3) is 0.500. The minimum absolute atomic E-state index is 0. The van der Waals surface area contributed by atoms with Gasteiger partial charge in [0, 0.05) is 38.4 Å². The van der Waals surface area contributed by atoms with Crippen molar-refractivity contribution in [2.24, 2.45) is 12.0 Å². The first-order valence-electron chi connectivity index (χ1n) is 9.21. The highest BCUT2D eigenvalue weighted by molar-refractivity contribution is 14.0. The van der Waals surface area contributed by atoms with Gasteiger partial charge in [0.15, 0.2) is 5.96 Å². The molecule has 1 aromatic carbocycles. The first-order valence-corrected chi connectivity index (χ1v) is 9.21. The molecule has 6 heteroatoms. The van der Waals surface area contributed by atoms with Crippen LogP contribution in [0.15, 0.2) is 35.3 Å². The fourth-order valence-electron chi connectivity index (χ4n) is 3.13. The molecule has 2 N–H and O–H groups in total. The fourth-order valence-corrected chi connectivity index (χ4v) is 3.13. The highest BCUT2D eigenvalue weighted by atomic mass is 127. The Balaban J connectivity index is 0.00000338. The third-order valence-electron chi connectivity index (χ3n) is 4.46. The predicted molar refractivity (Wildman–Crippen MR) is 120 cm³/mol. The molecule has 26 heavy (non-hydrogen) atoms. The second-order valence-corrected chi connectivity index (χ2v) is 6.14. The molecule has 0 radical (unpaired) electrons. The van der Waals surface area contributed by atoms with E-state index in [0.29, 0.717) is 0 Å². The quantitative estimate of drug-likeness (QED) is 0.270. The lowest BCUT2D eigenvalue weighted by Crippen LogP contribution is -2.37. The van der Waals surface area contributed by atoms with Crippen LogP contribution in [0.25, 0.3) is 0 Å². The largest absolute Gasteiger partial charge is 0.356 e. The Hall–Kier alpha value is -1.57. The number of guanidine groups is 1. The molecule has 2 rings (SSSR count). The third-order valence-corrected chi connectivity index (χ3v) is 4.46. The van der Waals surface area contributed by atoms with E-state index in [1.54, 1.807) is 0 Å².